The number of hydrogen-bond acceptors (Lipinski definition) is 2. The van der Waals surface area contributed by atoms with Crippen LogP contribution in [0.1, 0.15) is 12.1 Å². The second kappa shape index (κ2) is 5.37. The minimum Gasteiger partial charge on any atom is -0.478 e. The SMILES string of the molecule is C=CC(F)CCOc1cccc(C)n1. The number of alkyl halides is 1. The van der Waals surface area contributed by atoms with Crippen LogP contribution in [0.3, 0.4) is 0 Å². The third kappa shape index (κ3) is 3.56. The van der Waals surface area contributed by atoms with Crippen LogP contribution in [-0.4, -0.2) is 17.8 Å². The number of pyridine rings is 1. The Morgan fingerprint density at radius 2 is 2.43 bits per heavy atom. The van der Waals surface area contributed by atoms with Crippen molar-refractivity contribution in [1.29, 1.82) is 0 Å². The van der Waals surface area contributed by atoms with Gasteiger partial charge in [-0.25, -0.2) is 9.37 Å². The molecule has 0 bridgehead atoms. The van der Waals surface area contributed by atoms with Crippen LogP contribution in [0.25, 0.3) is 0 Å². The average Bonchev–Trinajstić information content (AvgIpc) is 2.17. The number of halogens is 1. The molecule has 0 fully saturated rings. The summed E-state index contributed by atoms with van der Waals surface area (Å²) in [5, 5.41) is 0. The first kappa shape index (κ1) is 10.7. The van der Waals surface area contributed by atoms with E-state index in [1.807, 2.05) is 19.1 Å². The molecule has 1 rings (SSSR count). The highest BCUT2D eigenvalue weighted by Crippen LogP contribution is 2.08. The zero-order chi connectivity index (χ0) is 10.4. The standard InChI is InChI=1S/C11H14FNO/c1-3-10(12)7-8-14-11-6-4-5-9(2)13-11/h3-6,10H,1,7-8H2,2H3. The molecule has 1 aromatic heterocycles. The molecule has 0 spiro atoms. The van der Waals surface area contributed by atoms with Crippen LogP contribution in [0.2, 0.25) is 0 Å². The van der Waals surface area contributed by atoms with E-state index in [1.54, 1.807) is 6.07 Å². The van der Waals surface area contributed by atoms with Crippen molar-refractivity contribution in [3.8, 4) is 5.88 Å². The number of nitrogens with zero attached hydrogens (tertiary/aromatic N) is 1. The lowest BCUT2D eigenvalue weighted by Crippen LogP contribution is -2.05. The molecule has 0 saturated heterocycles. The number of allylic oxidation sites excluding steroid dienone is 1. The molecule has 2 nitrogen and oxygen atoms in total. The molecule has 76 valence electrons. The number of ether oxygens (including phenoxy) is 1. The van der Waals surface area contributed by atoms with E-state index in [4.69, 9.17) is 4.74 Å². The number of aryl methyl sites for hydroxylation is 1. The van der Waals surface area contributed by atoms with Crippen molar-refractivity contribution >= 4 is 0 Å². The van der Waals surface area contributed by atoms with E-state index in [0.29, 0.717) is 18.9 Å². The maximum absolute atomic E-state index is 12.7. The molecule has 1 heterocycles. The van der Waals surface area contributed by atoms with E-state index >= 15 is 0 Å². The fourth-order valence-corrected chi connectivity index (χ4v) is 0.992. The Morgan fingerprint density at radius 1 is 1.64 bits per heavy atom. The van der Waals surface area contributed by atoms with Crippen molar-refractivity contribution in [3.05, 3.63) is 36.5 Å². The van der Waals surface area contributed by atoms with Crippen LogP contribution in [0.5, 0.6) is 5.88 Å². The van der Waals surface area contributed by atoms with E-state index in [0.717, 1.165) is 5.69 Å². The quantitative estimate of drug-likeness (QED) is 0.674. The van der Waals surface area contributed by atoms with Gasteiger partial charge in [0.1, 0.15) is 6.17 Å². The van der Waals surface area contributed by atoms with Crippen LogP contribution in [0.4, 0.5) is 4.39 Å². The van der Waals surface area contributed by atoms with Gasteiger partial charge in [-0.15, -0.1) is 6.58 Å². The van der Waals surface area contributed by atoms with Crippen molar-refractivity contribution in [3.63, 3.8) is 0 Å². The molecule has 1 unspecified atom stereocenters. The summed E-state index contributed by atoms with van der Waals surface area (Å²) in [6, 6.07) is 5.50. The highest BCUT2D eigenvalue weighted by molar-refractivity contribution is 5.14. The van der Waals surface area contributed by atoms with Crippen LogP contribution >= 0.6 is 0 Å². The second-order valence-corrected chi connectivity index (χ2v) is 3.01. The Labute approximate surface area is 83.4 Å². The molecule has 0 aliphatic heterocycles. The van der Waals surface area contributed by atoms with Crippen molar-refractivity contribution in [2.75, 3.05) is 6.61 Å². The molecule has 0 aromatic carbocycles. The predicted molar refractivity (Wildman–Crippen MR) is 54.2 cm³/mol. The van der Waals surface area contributed by atoms with E-state index in [-0.39, 0.29) is 0 Å². The summed E-state index contributed by atoms with van der Waals surface area (Å²) in [4.78, 5) is 4.13. The summed E-state index contributed by atoms with van der Waals surface area (Å²) >= 11 is 0. The van der Waals surface area contributed by atoms with E-state index in [2.05, 4.69) is 11.6 Å². The number of hydrogen-bond donors (Lipinski definition) is 0. The molecular weight excluding hydrogens is 181 g/mol. The summed E-state index contributed by atoms with van der Waals surface area (Å²) in [7, 11) is 0. The van der Waals surface area contributed by atoms with Gasteiger partial charge in [0, 0.05) is 18.2 Å². The van der Waals surface area contributed by atoms with Gasteiger partial charge in [-0.1, -0.05) is 12.1 Å². The highest BCUT2D eigenvalue weighted by atomic mass is 19.1. The Balaban J connectivity index is 2.34. The van der Waals surface area contributed by atoms with Crippen molar-refractivity contribution in [2.45, 2.75) is 19.5 Å². The normalized spacial score (nSPS) is 12.1. The van der Waals surface area contributed by atoms with E-state index in [1.165, 1.54) is 6.08 Å². The summed E-state index contributed by atoms with van der Waals surface area (Å²) in [5.41, 5.74) is 0.892. The summed E-state index contributed by atoms with van der Waals surface area (Å²) in [6.07, 6.45) is 0.589. The van der Waals surface area contributed by atoms with Crippen molar-refractivity contribution in [1.82, 2.24) is 4.98 Å². The molecule has 0 saturated carbocycles. The third-order valence-electron chi connectivity index (χ3n) is 1.76. The molecule has 0 radical (unpaired) electrons. The first-order chi connectivity index (χ1) is 6.72. The molecule has 3 heteroatoms. The van der Waals surface area contributed by atoms with Gasteiger partial charge in [0.05, 0.1) is 6.61 Å². The van der Waals surface area contributed by atoms with Gasteiger partial charge in [0.25, 0.3) is 0 Å². The smallest absolute Gasteiger partial charge is 0.213 e. The molecule has 14 heavy (non-hydrogen) atoms. The fourth-order valence-electron chi connectivity index (χ4n) is 0.992. The lowest BCUT2D eigenvalue weighted by atomic mass is 10.3. The largest absolute Gasteiger partial charge is 0.478 e. The topological polar surface area (TPSA) is 22.1 Å². The number of rotatable bonds is 5. The average molecular weight is 195 g/mol. The Morgan fingerprint density at radius 3 is 3.07 bits per heavy atom. The zero-order valence-corrected chi connectivity index (χ0v) is 8.24. The Hall–Kier alpha value is -1.38. The maximum atomic E-state index is 12.7. The maximum Gasteiger partial charge on any atom is 0.213 e. The van der Waals surface area contributed by atoms with Gasteiger partial charge in [-0.2, -0.15) is 0 Å². The van der Waals surface area contributed by atoms with Crippen LogP contribution in [-0.2, 0) is 0 Å². The van der Waals surface area contributed by atoms with Crippen molar-refractivity contribution < 1.29 is 9.13 Å². The van der Waals surface area contributed by atoms with Crippen molar-refractivity contribution in [2.24, 2.45) is 0 Å². The molecular formula is C11H14FNO. The van der Waals surface area contributed by atoms with E-state index in [9.17, 15) is 4.39 Å². The summed E-state index contributed by atoms with van der Waals surface area (Å²) in [5.74, 6) is 0.543. The Kier molecular flexibility index (Phi) is 4.11. The van der Waals surface area contributed by atoms with Crippen LogP contribution in [0.15, 0.2) is 30.9 Å². The number of aromatic nitrogens is 1. The van der Waals surface area contributed by atoms with Crippen LogP contribution in [0, 0.1) is 6.92 Å². The monoisotopic (exact) mass is 195 g/mol. The first-order valence-electron chi connectivity index (χ1n) is 4.55. The first-order valence-corrected chi connectivity index (χ1v) is 4.55. The molecule has 0 aliphatic carbocycles. The van der Waals surface area contributed by atoms with Gasteiger partial charge in [0.15, 0.2) is 0 Å². The molecule has 0 aliphatic rings. The molecule has 1 atom stereocenters. The van der Waals surface area contributed by atoms with Gasteiger partial charge < -0.3 is 4.74 Å². The minimum atomic E-state index is -1.00. The fraction of sp³-hybridized carbons (Fsp3) is 0.364. The summed E-state index contributed by atoms with van der Waals surface area (Å²) < 4.78 is 18.0. The molecule has 0 N–H and O–H groups in total. The van der Waals surface area contributed by atoms with Gasteiger partial charge in [-0.05, 0) is 13.0 Å². The highest BCUT2D eigenvalue weighted by Gasteiger charge is 2.01. The van der Waals surface area contributed by atoms with Crippen LogP contribution < -0.4 is 4.74 Å². The molecule has 1 aromatic rings. The van der Waals surface area contributed by atoms with E-state index < -0.39 is 6.17 Å². The van der Waals surface area contributed by atoms with Gasteiger partial charge in [-0.3, -0.25) is 0 Å². The predicted octanol–water partition coefficient (Wildman–Crippen LogP) is 2.68. The third-order valence-corrected chi connectivity index (χ3v) is 1.76. The zero-order valence-electron chi connectivity index (χ0n) is 8.24. The minimum absolute atomic E-state index is 0.319. The summed E-state index contributed by atoms with van der Waals surface area (Å²) in [6.45, 7) is 5.56. The second-order valence-electron chi connectivity index (χ2n) is 3.01. The van der Waals surface area contributed by atoms with Gasteiger partial charge in [0.2, 0.25) is 5.88 Å². The van der Waals surface area contributed by atoms with Gasteiger partial charge >= 0.3 is 0 Å². The lowest BCUT2D eigenvalue weighted by molar-refractivity contribution is 0.254. The molecule has 0 amide bonds. The Bertz CT molecular complexity index is 301. The lowest BCUT2D eigenvalue weighted by Gasteiger charge is -2.06.